The predicted octanol–water partition coefficient (Wildman–Crippen LogP) is 1.88. The molecule has 2 rings (SSSR count). The summed E-state index contributed by atoms with van der Waals surface area (Å²) in [6, 6.07) is 9.94. The van der Waals surface area contributed by atoms with Crippen LogP contribution in [0, 0.1) is 5.92 Å². The number of likely N-dealkylation sites (tertiary alicyclic amines) is 1. The van der Waals surface area contributed by atoms with E-state index in [9.17, 15) is 4.79 Å². The van der Waals surface area contributed by atoms with Gasteiger partial charge in [0.2, 0.25) is 5.91 Å². The van der Waals surface area contributed by atoms with Crippen molar-refractivity contribution < 1.29 is 4.79 Å². The lowest BCUT2D eigenvalue weighted by atomic mass is 10.0. The van der Waals surface area contributed by atoms with Crippen LogP contribution in [0.25, 0.3) is 0 Å². The summed E-state index contributed by atoms with van der Waals surface area (Å²) in [7, 11) is 4.05. The van der Waals surface area contributed by atoms with E-state index in [4.69, 9.17) is 5.73 Å². The van der Waals surface area contributed by atoms with Crippen LogP contribution in [0.2, 0.25) is 0 Å². The normalized spacial score (nSPS) is 20.4. The fourth-order valence-corrected chi connectivity index (χ4v) is 3.00. The molecule has 1 heterocycles. The van der Waals surface area contributed by atoms with Crippen LogP contribution < -0.4 is 5.73 Å². The highest BCUT2D eigenvalue weighted by Crippen LogP contribution is 2.18. The van der Waals surface area contributed by atoms with E-state index in [1.807, 2.05) is 42.3 Å². The lowest BCUT2D eigenvalue weighted by molar-refractivity contribution is -0.130. The number of nitrogens with zero attached hydrogens (tertiary/aromatic N) is 2. The molecular formula is C17H27N3O. The Bertz CT molecular complexity index is 449. The van der Waals surface area contributed by atoms with Crippen molar-refractivity contribution >= 4 is 5.91 Å². The number of carbonyl (C=O) groups is 1. The van der Waals surface area contributed by atoms with Gasteiger partial charge in [-0.1, -0.05) is 30.3 Å². The molecule has 2 atom stereocenters. The van der Waals surface area contributed by atoms with E-state index >= 15 is 0 Å². The van der Waals surface area contributed by atoms with Crippen LogP contribution in [-0.2, 0) is 4.79 Å². The topological polar surface area (TPSA) is 49.6 Å². The molecule has 21 heavy (non-hydrogen) atoms. The van der Waals surface area contributed by atoms with Gasteiger partial charge in [0.05, 0.1) is 0 Å². The largest absolute Gasteiger partial charge is 0.345 e. The van der Waals surface area contributed by atoms with Gasteiger partial charge < -0.3 is 15.5 Å². The van der Waals surface area contributed by atoms with Gasteiger partial charge in [0.25, 0.3) is 0 Å². The van der Waals surface area contributed by atoms with E-state index in [1.54, 1.807) is 0 Å². The van der Waals surface area contributed by atoms with Crippen molar-refractivity contribution in [3.05, 3.63) is 35.9 Å². The highest BCUT2D eigenvalue weighted by molar-refractivity contribution is 5.75. The van der Waals surface area contributed by atoms with Crippen LogP contribution in [0.4, 0.5) is 0 Å². The number of amides is 1. The first-order chi connectivity index (χ1) is 10.1. The van der Waals surface area contributed by atoms with Gasteiger partial charge in [-0.15, -0.1) is 0 Å². The van der Waals surface area contributed by atoms with Gasteiger partial charge >= 0.3 is 0 Å². The Morgan fingerprint density at radius 3 is 2.76 bits per heavy atom. The van der Waals surface area contributed by atoms with Gasteiger partial charge in [-0.3, -0.25) is 4.79 Å². The average Bonchev–Trinajstić information content (AvgIpc) is 2.90. The van der Waals surface area contributed by atoms with Crippen LogP contribution in [0.1, 0.15) is 30.9 Å². The molecule has 1 saturated heterocycles. The molecule has 1 fully saturated rings. The zero-order valence-corrected chi connectivity index (χ0v) is 13.2. The van der Waals surface area contributed by atoms with E-state index in [0.29, 0.717) is 18.8 Å². The first-order valence-corrected chi connectivity index (χ1v) is 7.79. The Morgan fingerprint density at radius 2 is 2.14 bits per heavy atom. The average molecular weight is 289 g/mol. The summed E-state index contributed by atoms with van der Waals surface area (Å²) in [5, 5.41) is 0. The maximum atomic E-state index is 12.2. The van der Waals surface area contributed by atoms with Crippen molar-refractivity contribution in [1.82, 2.24) is 9.80 Å². The van der Waals surface area contributed by atoms with Crippen molar-refractivity contribution in [2.75, 3.05) is 33.7 Å². The molecule has 0 saturated carbocycles. The van der Waals surface area contributed by atoms with Gasteiger partial charge in [-0.25, -0.2) is 0 Å². The second kappa shape index (κ2) is 7.57. The monoisotopic (exact) mass is 289 g/mol. The number of nitrogens with two attached hydrogens (primary N) is 1. The van der Waals surface area contributed by atoms with Crippen molar-refractivity contribution in [3.63, 3.8) is 0 Å². The number of hydrogen-bond acceptors (Lipinski definition) is 3. The Balaban J connectivity index is 1.73. The van der Waals surface area contributed by atoms with Gasteiger partial charge in [-0.2, -0.15) is 0 Å². The molecule has 1 aliphatic rings. The molecule has 2 N–H and O–H groups in total. The summed E-state index contributed by atoms with van der Waals surface area (Å²) in [6.07, 6.45) is 2.42. The van der Waals surface area contributed by atoms with Crippen LogP contribution >= 0.6 is 0 Å². The molecule has 2 unspecified atom stereocenters. The highest BCUT2D eigenvalue weighted by Gasteiger charge is 2.22. The van der Waals surface area contributed by atoms with E-state index in [2.05, 4.69) is 11.9 Å². The molecule has 4 nitrogen and oxygen atoms in total. The summed E-state index contributed by atoms with van der Waals surface area (Å²) in [4.78, 5) is 16.4. The zero-order chi connectivity index (χ0) is 15.2. The zero-order valence-electron chi connectivity index (χ0n) is 13.2. The first-order valence-electron chi connectivity index (χ1n) is 7.79. The lowest BCUT2D eigenvalue weighted by Gasteiger charge is -2.22. The van der Waals surface area contributed by atoms with Crippen molar-refractivity contribution in [1.29, 1.82) is 0 Å². The number of rotatable bonds is 6. The molecule has 1 aromatic rings. The van der Waals surface area contributed by atoms with Crippen LogP contribution in [0.3, 0.4) is 0 Å². The standard InChI is InChI=1S/C17H27N3O/c1-19-11-10-14(12-19)13-20(2)17(21)9-8-16(18)15-6-4-3-5-7-15/h3-7,14,16H,8-13,18H2,1-2H3. The molecule has 0 spiro atoms. The van der Waals surface area contributed by atoms with Gasteiger partial charge in [-0.05, 0) is 37.9 Å². The summed E-state index contributed by atoms with van der Waals surface area (Å²) in [6.45, 7) is 3.11. The Morgan fingerprint density at radius 1 is 1.43 bits per heavy atom. The summed E-state index contributed by atoms with van der Waals surface area (Å²) >= 11 is 0. The SMILES string of the molecule is CN1CCC(CN(C)C(=O)CCC(N)c2ccccc2)C1. The minimum absolute atomic E-state index is 0.0545. The summed E-state index contributed by atoms with van der Waals surface area (Å²) in [5.74, 6) is 0.822. The lowest BCUT2D eigenvalue weighted by Crippen LogP contribution is -2.33. The van der Waals surface area contributed by atoms with Crippen molar-refractivity contribution in [2.45, 2.75) is 25.3 Å². The fourth-order valence-electron chi connectivity index (χ4n) is 3.00. The number of benzene rings is 1. The first kappa shape index (κ1) is 16.0. The fraction of sp³-hybridized carbons (Fsp3) is 0.588. The van der Waals surface area contributed by atoms with Crippen molar-refractivity contribution in [3.8, 4) is 0 Å². The van der Waals surface area contributed by atoms with Gasteiger partial charge in [0.1, 0.15) is 0 Å². The highest BCUT2D eigenvalue weighted by atomic mass is 16.2. The molecule has 1 aliphatic heterocycles. The molecule has 0 aliphatic carbocycles. The maximum absolute atomic E-state index is 12.2. The Hall–Kier alpha value is -1.39. The van der Waals surface area contributed by atoms with Crippen LogP contribution in [0.5, 0.6) is 0 Å². The van der Waals surface area contributed by atoms with Gasteiger partial charge in [0, 0.05) is 32.6 Å². The Kier molecular flexibility index (Phi) is 5.76. The Labute approximate surface area is 127 Å². The number of carbonyl (C=O) groups excluding carboxylic acids is 1. The molecular weight excluding hydrogens is 262 g/mol. The molecule has 0 bridgehead atoms. The summed E-state index contributed by atoms with van der Waals surface area (Å²) < 4.78 is 0. The smallest absolute Gasteiger partial charge is 0.222 e. The van der Waals surface area contributed by atoms with E-state index in [1.165, 1.54) is 6.42 Å². The molecule has 4 heteroatoms. The van der Waals surface area contributed by atoms with Gasteiger partial charge in [0.15, 0.2) is 0 Å². The summed E-state index contributed by atoms with van der Waals surface area (Å²) in [5.41, 5.74) is 7.25. The minimum Gasteiger partial charge on any atom is -0.345 e. The number of hydrogen-bond donors (Lipinski definition) is 1. The quantitative estimate of drug-likeness (QED) is 0.870. The third kappa shape index (κ3) is 4.83. The maximum Gasteiger partial charge on any atom is 0.222 e. The van der Waals surface area contributed by atoms with E-state index < -0.39 is 0 Å². The minimum atomic E-state index is -0.0545. The van der Waals surface area contributed by atoms with E-state index in [-0.39, 0.29) is 11.9 Å². The van der Waals surface area contributed by atoms with Crippen LogP contribution in [0.15, 0.2) is 30.3 Å². The van der Waals surface area contributed by atoms with Crippen molar-refractivity contribution in [2.24, 2.45) is 11.7 Å². The second-order valence-electron chi connectivity index (χ2n) is 6.25. The molecule has 116 valence electrons. The predicted molar refractivity (Wildman–Crippen MR) is 85.8 cm³/mol. The molecule has 1 amide bonds. The second-order valence-corrected chi connectivity index (χ2v) is 6.25. The molecule has 1 aromatic carbocycles. The van der Waals surface area contributed by atoms with E-state index in [0.717, 1.165) is 25.2 Å². The third-order valence-electron chi connectivity index (χ3n) is 4.34. The molecule has 0 radical (unpaired) electrons. The molecule has 0 aromatic heterocycles. The van der Waals surface area contributed by atoms with Crippen LogP contribution in [-0.4, -0.2) is 49.4 Å². The third-order valence-corrected chi connectivity index (χ3v) is 4.34.